The molecule has 110 valence electrons. The molecule has 0 aliphatic carbocycles. The van der Waals surface area contributed by atoms with Gasteiger partial charge in [-0.2, -0.15) is 13.2 Å². The summed E-state index contributed by atoms with van der Waals surface area (Å²) in [7, 11) is 0. The maximum atomic E-state index is 12.7. The molecule has 7 heteroatoms. The highest BCUT2D eigenvalue weighted by atomic mass is 32.1. The first kappa shape index (κ1) is 16.4. The molecule has 1 aromatic rings. The Morgan fingerprint density at radius 3 is 2.37 bits per heavy atom. The van der Waals surface area contributed by atoms with Crippen LogP contribution in [0.25, 0.3) is 0 Å². The summed E-state index contributed by atoms with van der Waals surface area (Å²) in [4.78, 5) is 4.36. The van der Waals surface area contributed by atoms with Crippen LogP contribution in [0.5, 0.6) is 0 Å². The molecule has 0 aromatic carbocycles. The van der Waals surface area contributed by atoms with Crippen LogP contribution in [0.4, 0.5) is 13.2 Å². The molecule has 1 heterocycles. The molecule has 0 aliphatic heterocycles. The summed E-state index contributed by atoms with van der Waals surface area (Å²) >= 11 is 0.690. The number of nitrogens with zero attached hydrogens (tertiary/aromatic N) is 1. The minimum Gasteiger partial charge on any atom is -0.396 e. The van der Waals surface area contributed by atoms with Gasteiger partial charge in [-0.1, -0.05) is 20.8 Å². The summed E-state index contributed by atoms with van der Waals surface area (Å²) in [6.07, 6.45) is -3.82. The van der Waals surface area contributed by atoms with E-state index in [0.717, 1.165) is 0 Å². The quantitative estimate of drug-likeness (QED) is 0.821. The first-order valence-corrected chi connectivity index (χ1v) is 6.87. The fourth-order valence-electron chi connectivity index (χ4n) is 1.58. The van der Waals surface area contributed by atoms with E-state index in [4.69, 9.17) is 5.11 Å². The molecule has 2 N–H and O–H groups in total. The Kier molecular flexibility index (Phi) is 5.34. The minimum atomic E-state index is -4.39. The Hall–Kier alpha value is -0.660. The van der Waals surface area contributed by atoms with E-state index in [2.05, 4.69) is 10.3 Å². The molecule has 3 nitrogen and oxygen atoms in total. The van der Waals surface area contributed by atoms with E-state index >= 15 is 0 Å². The average Bonchev–Trinajstić information content (AvgIpc) is 2.67. The second kappa shape index (κ2) is 6.19. The molecule has 0 saturated carbocycles. The third-order valence-corrected chi connectivity index (χ3v) is 3.55. The fourth-order valence-corrected chi connectivity index (χ4v) is 2.69. The van der Waals surface area contributed by atoms with Crippen molar-refractivity contribution in [1.29, 1.82) is 0 Å². The van der Waals surface area contributed by atoms with E-state index in [9.17, 15) is 13.2 Å². The highest BCUT2D eigenvalue weighted by molar-refractivity contribution is 7.11. The number of alkyl halides is 3. The Bertz CT molecular complexity index is 410. The molecule has 1 rings (SSSR count). The second-order valence-electron chi connectivity index (χ2n) is 5.29. The van der Waals surface area contributed by atoms with Gasteiger partial charge < -0.3 is 10.4 Å². The summed E-state index contributed by atoms with van der Waals surface area (Å²) in [5, 5.41) is 10.9. The van der Waals surface area contributed by atoms with Crippen LogP contribution in [0.1, 0.15) is 42.8 Å². The van der Waals surface area contributed by atoms with Crippen LogP contribution in [0.2, 0.25) is 0 Å². The minimum absolute atomic E-state index is 0.0651. The molecular weight excluding hydrogens is 277 g/mol. The highest BCUT2D eigenvalue weighted by Crippen LogP contribution is 2.37. The van der Waals surface area contributed by atoms with Gasteiger partial charge >= 0.3 is 6.18 Å². The lowest BCUT2D eigenvalue weighted by molar-refractivity contribution is -0.137. The molecule has 0 atom stereocenters. The lowest BCUT2D eigenvalue weighted by Gasteiger charge is -2.17. The SMILES string of the molecule is CC(C)(C)c1nc(C(F)(F)F)sc1CNCCCO. The largest absolute Gasteiger partial charge is 0.443 e. The molecule has 0 bridgehead atoms. The predicted molar refractivity (Wildman–Crippen MR) is 69.2 cm³/mol. The molecule has 19 heavy (non-hydrogen) atoms. The van der Waals surface area contributed by atoms with Crippen LogP contribution < -0.4 is 5.32 Å². The fraction of sp³-hybridized carbons (Fsp3) is 0.750. The van der Waals surface area contributed by atoms with Gasteiger partial charge in [-0.15, -0.1) is 11.3 Å². The van der Waals surface area contributed by atoms with Crippen LogP contribution in [0, 0.1) is 0 Å². The first-order chi connectivity index (χ1) is 8.66. The van der Waals surface area contributed by atoms with Crippen LogP contribution in [-0.4, -0.2) is 23.2 Å². The number of aliphatic hydroxyl groups is 1. The molecule has 0 amide bonds. The zero-order valence-electron chi connectivity index (χ0n) is 11.3. The van der Waals surface area contributed by atoms with Gasteiger partial charge in [0.05, 0.1) is 5.69 Å². The van der Waals surface area contributed by atoms with Crippen molar-refractivity contribution in [1.82, 2.24) is 10.3 Å². The maximum Gasteiger partial charge on any atom is 0.443 e. The lowest BCUT2D eigenvalue weighted by atomic mass is 9.91. The van der Waals surface area contributed by atoms with Crippen LogP contribution in [-0.2, 0) is 18.1 Å². The van der Waals surface area contributed by atoms with Crippen molar-refractivity contribution in [3.05, 3.63) is 15.6 Å². The summed E-state index contributed by atoms with van der Waals surface area (Å²) in [5.74, 6) is 0. The number of thiazole rings is 1. The monoisotopic (exact) mass is 296 g/mol. The molecule has 0 fully saturated rings. The van der Waals surface area contributed by atoms with E-state index in [0.29, 0.717) is 41.4 Å². The first-order valence-electron chi connectivity index (χ1n) is 6.05. The van der Waals surface area contributed by atoms with Gasteiger partial charge in [0.2, 0.25) is 0 Å². The van der Waals surface area contributed by atoms with Gasteiger partial charge in [-0.25, -0.2) is 4.98 Å². The molecule has 0 spiro atoms. The van der Waals surface area contributed by atoms with Crippen LogP contribution in [0.3, 0.4) is 0 Å². The maximum absolute atomic E-state index is 12.7. The summed E-state index contributed by atoms with van der Waals surface area (Å²) < 4.78 is 38.1. The predicted octanol–water partition coefficient (Wildman–Crippen LogP) is 2.93. The topological polar surface area (TPSA) is 45.2 Å². The van der Waals surface area contributed by atoms with Crippen LogP contribution in [0.15, 0.2) is 0 Å². The molecular formula is C12H19F3N2OS. The number of hydrogen-bond donors (Lipinski definition) is 2. The third kappa shape index (κ3) is 4.74. The van der Waals surface area contributed by atoms with E-state index in [-0.39, 0.29) is 6.61 Å². The van der Waals surface area contributed by atoms with Crippen molar-refractivity contribution in [2.45, 2.75) is 45.3 Å². The van der Waals surface area contributed by atoms with Gasteiger partial charge in [0.15, 0.2) is 5.01 Å². The van der Waals surface area contributed by atoms with Crippen molar-refractivity contribution < 1.29 is 18.3 Å². The third-order valence-electron chi connectivity index (χ3n) is 2.45. The van der Waals surface area contributed by atoms with Crippen LogP contribution >= 0.6 is 11.3 Å². The molecule has 1 aromatic heterocycles. The number of rotatable bonds is 5. The van der Waals surface area contributed by atoms with E-state index in [1.165, 1.54) is 0 Å². The smallest absolute Gasteiger partial charge is 0.396 e. The Labute approximate surface area is 114 Å². The number of nitrogens with one attached hydrogen (secondary N) is 1. The second-order valence-corrected chi connectivity index (χ2v) is 6.38. The van der Waals surface area contributed by atoms with Gasteiger partial charge in [0, 0.05) is 23.4 Å². The summed E-state index contributed by atoms with van der Waals surface area (Å²) in [5.41, 5.74) is 0.0647. The van der Waals surface area contributed by atoms with E-state index in [1.807, 2.05) is 20.8 Å². The number of aromatic nitrogens is 1. The van der Waals surface area contributed by atoms with Gasteiger partial charge in [0.25, 0.3) is 0 Å². The van der Waals surface area contributed by atoms with E-state index in [1.54, 1.807) is 0 Å². The van der Waals surface area contributed by atoms with Crippen molar-refractivity contribution in [2.24, 2.45) is 0 Å². The summed E-state index contributed by atoms with van der Waals surface area (Å²) in [6, 6.07) is 0. The Balaban J connectivity index is 2.91. The Morgan fingerprint density at radius 2 is 1.89 bits per heavy atom. The zero-order chi connectivity index (χ0) is 14.7. The standard InChI is InChI=1S/C12H19F3N2OS/c1-11(2,3)9-8(7-16-5-4-6-18)19-10(17-9)12(13,14)15/h16,18H,4-7H2,1-3H3. The zero-order valence-corrected chi connectivity index (χ0v) is 12.1. The van der Waals surface area contributed by atoms with Gasteiger partial charge in [-0.3, -0.25) is 0 Å². The lowest BCUT2D eigenvalue weighted by Crippen LogP contribution is -2.20. The van der Waals surface area contributed by atoms with Gasteiger partial charge in [-0.05, 0) is 13.0 Å². The van der Waals surface area contributed by atoms with Crippen molar-refractivity contribution >= 4 is 11.3 Å². The molecule has 0 saturated heterocycles. The molecule has 0 aliphatic rings. The van der Waals surface area contributed by atoms with Crippen molar-refractivity contribution in [3.8, 4) is 0 Å². The number of aliphatic hydroxyl groups excluding tert-OH is 1. The van der Waals surface area contributed by atoms with E-state index < -0.39 is 16.6 Å². The van der Waals surface area contributed by atoms with Crippen molar-refractivity contribution in [3.63, 3.8) is 0 Å². The average molecular weight is 296 g/mol. The highest BCUT2D eigenvalue weighted by Gasteiger charge is 2.37. The van der Waals surface area contributed by atoms with Gasteiger partial charge in [0.1, 0.15) is 0 Å². The Morgan fingerprint density at radius 1 is 1.26 bits per heavy atom. The summed E-state index contributed by atoms with van der Waals surface area (Å²) in [6.45, 7) is 6.52. The number of hydrogen-bond acceptors (Lipinski definition) is 4. The van der Waals surface area contributed by atoms with Crippen molar-refractivity contribution in [2.75, 3.05) is 13.2 Å². The normalized spacial score (nSPS) is 13.0. The molecule has 0 unspecified atom stereocenters. The number of halogens is 3. The molecule has 0 radical (unpaired) electrons.